The van der Waals surface area contributed by atoms with Gasteiger partial charge < -0.3 is 0 Å². The second-order valence-electron chi connectivity index (χ2n) is 3.09. The van der Waals surface area contributed by atoms with Gasteiger partial charge in [-0.15, -0.1) is 0 Å². The van der Waals surface area contributed by atoms with Crippen LogP contribution in [0.15, 0.2) is 24.3 Å². The van der Waals surface area contributed by atoms with Gasteiger partial charge in [0.25, 0.3) is 0 Å². The van der Waals surface area contributed by atoms with Gasteiger partial charge in [-0.25, -0.2) is 0 Å². The average Bonchev–Trinajstić information content (AvgIpc) is 2.47. The van der Waals surface area contributed by atoms with Crippen LogP contribution < -0.4 is 0 Å². The number of aryl methyl sites for hydroxylation is 1. The van der Waals surface area contributed by atoms with Gasteiger partial charge in [0.15, 0.2) is 0 Å². The molecule has 0 heterocycles. The number of alkyl halides is 1. The highest BCUT2D eigenvalue weighted by Gasteiger charge is 2.19. The molecular formula is C10H11Br. The van der Waals surface area contributed by atoms with Crippen molar-refractivity contribution < 1.29 is 0 Å². The SMILES string of the molecule is BrCC1CCc2ccccc21. The Morgan fingerprint density at radius 2 is 2.18 bits per heavy atom. The molecule has 1 aliphatic carbocycles. The highest BCUT2D eigenvalue weighted by molar-refractivity contribution is 9.09. The Morgan fingerprint density at radius 3 is 3.00 bits per heavy atom. The van der Waals surface area contributed by atoms with Crippen LogP contribution in [-0.4, -0.2) is 5.33 Å². The lowest BCUT2D eigenvalue weighted by molar-refractivity contribution is 0.762. The Balaban J connectivity index is 2.39. The lowest BCUT2D eigenvalue weighted by Gasteiger charge is -2.05. The van der Waals surface area contributed by atoms with Gasteiger partial charge in [0.2, 0.25) is 0 Å². The number of rotatable bonds is 1. The summed E-state index contributed by atoms with van der Waals surface area (Å²) in [6.45, 7) is 0. The van der Waals surface area contributed by atoms with E-state index in [2.05, 4.69) is 40.2 Å². The smallest absolute Gasteiger partial charge is 0.0100 e. The van der Waals surface area contributed by atoms with E-state index in [-0.39, 0.29) is 0 Å². The highest BCUT2D eigenvalue weighted by atomic mass is 79.9. The topological polar surface area (TPSA) is 0 Å². The van der Waals surface area contributed by atoms with Crippen LogP contribution in [0.2, 0.25) is 0 Å². The molecule has 1 aromatic carbocycles. The van der Waals surface area contributed by atoms with Crippen molar-refractivity contribution in [3.8, 4) is 0 Å². The summed E-state index contributed by atoms with van der Waals surface area (Å²) in [5.41, 5.74) is 3.11. The van der Waals surface area contributed by atoms with Crippen molar-refractivity contribution in [2.24, 2.45) is 0 Å². The van der Waals surface area contributed by atoms with Crippen LogP contribution in [-0.2, 0) is 6.42 Å². The van der Waals surface area contributed by atoms with Crippen LogP contribution in [0.3, 0.4) is 0 Å². The molecule has 0 fully saturated rings. The lowest BCUT2D eigenvalue weighted by atomic mass is 10.0. The summed E-state index contributed by atoms with van der Waals surface area (Å²) in [6.07, 6.45) is 2.59. The van der Waals surface area contributed by atoms with E-state index in [1.165, 1.54) is 12.8 Å². The molecule has 2 rings (SSSR count). The molecule has 0 aromatic heterocycles. The molecule has 0 saturated heterocycles. The molecule has 0 radical (unpaired) electrons. The molecule has 1 heteroatoms. The average molecular weight is 211 g/mol. The predicted molar refractivity (Wildman–Crippen MR) is 51.3 cm³/mol. The van der Waals surface area contributed by atoms with Crippen LogP contribution in [0.4, 0.5) is 0 Å². The minimum Gasteiger partial charge on any atom is -0.0921 e. The summed E-state index contributed by atoms with van der Waals surface area (Å²) < 4.78 is 0. The lowest BCUT2D eigenvalue weighted by Crippen LogP contribution is -1.92. The van der Waals surface area contributed by atoms with Crippen molar-refractivity contribution in [1.29, 1.82) is 0 Å². The Hall–Kier alpha value is -0.300. The summed E-state index contributed by atoms with van der Waals surface area (Å²) in [7, 11) is 0. The molecule has 0 bridgehead atoms. The molecule has 1 atom stereocenters. The summed E-state index contributed by atoms with van der Waals surface area (Å²) >= 11 is 3.55. The van der Waals surface area contributed by atoms with E-state index >= 15 is 0 Å². The van der Waals surface area contributed by atoms with Crippen molar-refractivity contribution in [2.45, 2.75) is 18.8 Å². The number of benzene rings is 1. The first-order valence-electron chi connectivity index (χ1n) is 4.05. The molecule has 0 amide bonds. The van der Waals surface area contributed by atoms with Gasteiger partial charge in [-0.05, 0) is 29.9 Å². The number of hydrogen-bond donors (Lipinski definition) is 0. The van der Waals surface area contributed by atoms with E-state index in [4.69, 9.17) is 0 Å². The first-order valence-corrected chi connectivity index (χ1v) is 5.17. The van der Waals surface area contributed by atoms with E-state index in [0.29, 0.717) is 0 Å². The first kappa shape index (κ1) is 7.35. The van der Waals surface area contributed by atoms with Crippen molar-refractivity contribution in [1.82, 2.24) is 0 Å². The van der Waals surface area contributed by atoms with E-state index < -0.39 is 0 Å². The minimum atomic E-state index is 0.770. The van der Waals surface area contributed by atoms with Gasteiger partial charge in [0.05, 0.1) is 0 Å². The maximum atomic E-state index is 3.55. The summed E-state index contributed by atoms with van der Waals surface area (Å²) in [6, 6.07) is 8.78. The van der Waals surface area contributed by atoms with E-state index in [9.17, 15) is 0 Å². The second kappa shape index (κ2) is 2.98. The zero-order chi connectivity index (χ0) is 7.68. The van der Waals surface area contributed by atoms with E-state index in [1.807, 2.05) is 0 Å². The normalized spacial score (nSPS) is 21.7. The molecule has 1 aliphatic rings. The summed E-state index contributed by atoms with van der Waals surface area (Å²) in [5.74, 6) is 0.770. The van der Waals surface area contributed by atoms with Crippen molar-refractivity contribution in [2.75, 3.05) is 5.33 Å². The van der Waals surface area contributed by atoms with Crippen LogP contribution in [0.1, 0.15) is 23.5 Å². The molecule has 0 nitrogen and oxygen atoms in total. The Labute approximate surface area is 75.8 Å². The van der Waals surface area contributed by atoms with Crippen LogP contribution in [0, 0.1) is 0 Å². The van der Waals surface area contributed by atoms with Gasteiger partial charge in [-0.3, -0.25) is 0 Å². The Bertz CT molecular complexity index is 255. The third-order valence-electron chi connectivity index (χ3n) is 2.44. The van der Waals surface area contributed by atoms with Gasteiger partial charge in [-0.1, -0.05) is 40.2 Å². The summed E-state index contributed by atoms with van der Waals surface area (Å²) in [4.78, 5) is 0. The van der Waals surface area contributed by atoms with Gasteiger partial charge in [0.1, 0.15) is 0 Å². The fourth-order valence-corrected chi connectivity index (χ4v) is 2.48. The largest absolute Gasteiger partial charge is 0.0921 e. The number of halogens is 1. The maximum absolute atomic E-state index is 3.55. The predicted octanol–water partition coefficient (Wildman–Crippen LogP) is 3.11. The summed E-state index contributed by atoms with van der Waals surface area (Å²) in [5, 5.41) is 1.12. The van der Waals surface area contributed by atoms with E-state index in [1.54, 1.807) is 11.1 Å². The zero-order valence-corrected chi connectivity index (χ0v) is 7.97. The molecule has 1 aromatic rings. The quantitative estimate of drug-likeness (QED) is 0.626. The third-order valence-corrected chi connectivity index (χ3v) is 3.22. The van der Waals surface area contributed by atoms with Crippen LogP contribution >= 0.6 is 15.9 Å². The molecule has 0 saturated carbocycles. The molecule has 0 spiro atoms. The molecule has 11 heavy (non-hydrogen) atoms. The molecule has 0 aliphatic heterocycles. The van der Waals surface area contributed by atoms with E-state index in [0.717, 1.165) is 11.2 Å². The fraction of sp³-hybridized carbons (Fsp3) is 0.400. The molecule has 1 unspecified atom stereocenters. The van der Waals surface area contributed by atoms with Gasteiger partial charge >= 0.3 is 0 Å². The highest BCUT2D eigenvalue weighted by Crippen LogP contribution is 2.33. The number of fused-ring (bicyclic) bond motifs is 1. The zero-order valence-electron chi connectivity index (χ0n) is 6.39. The standard InChI is InChI=1S/C10H11Br/c11-7-9-6-5-8-3-1-2-4-10(8)9/h1-4,9H,5-7H2. The molecule has 58 valence electrons. The monoisotopic (exact) mass is 210 g/mol. The van der Waals surface area contributed by atoms with Crippen LogP contribution in [0.25, 0.3) is 0 Å². The van der Waals surface area contributed by atoms with Crippen molar-refractivity contribution in [3.63, 3.8) is 0 Å². The molecular weight excluding hydrogens is 200 g/mol. The van der Waals surface area contributed by atoms with Gasteiger partial charge in [-0.2, -0.15) is 0 Å². The molecule has 0 N–H and O–H groups in total. The first-order chi connectivity index (χ1) is 5.42. The minimum absolute atomic E-state index is 0.770. The Kier molecular flexibility index (Phi) is 1.99. The fourth-order valence-electron chi connectivity index (χ4n) is 1.81. The Morgan fingerprint density at radius 1 is 1.36 bits per heavy atom. The third kappa shape index (κ3) is 1.22. The van der Waals surface area contributed by atoms with Crippen molar-refractivity contribution in [3.05, 3.63) is 35.4 Å². The number of hydrogen-bond acceptors (Lipinski definition) is 0. The van der Waals surface area contributed by atoms with Crippen molar-refractivity contribution >= 4 is 15.9 Å². The van der Waals surface area contributed by atoms with Gasteiger partial charge in [0, 0.05) is 5.33 Å². The maximum Gasteiger partial charge on any atom is 0.0100 e. The second-order valence-corrected chi connectivity index (χ2v) is 3.74. The van der Waals surface area contributed by atoms with Crippen LogP contribution in [0.5, 0.6) is 0 Å².